The fourth-order valence-electron chi connectivity index (χ4n) is 2.51. The molecule has 0 spiro atoms. The van der Waals surface area contributed by atoms with Gasteiger partial charge in [-0.15, -0.1) is 0 Å². The van der Waals surface area contributed by atoms with Crippen LogP contribution in [-0.4, -0.2) is 44.1 Å². The molecule has 1 aliphatic rings. The molecule has 0 bridgehead atoms. The number of hydrogen-bond donors (Lipinski definition) is 1. The Kier molecular flexibility index (Phi) is 5.82. The molecule has 1 N–H and O–H groups in total. The number of nitrogens with zero attached hydrogens (tertiary/aromatic N) is 1. The maximum Gasteiger partial charge on any atom is 0.226 e. The average Bonchev–Trinajstić information content (AvgIpc) is 2.90. The molecule has 1 aliphatic heterocycles. The smallest absolute Gasteiger partial charge is 0.226 e. The number of rotatable bonds is 6. The van der Waals surface area contributed by atoms with Gasteiger partial charge in [0.15, 0.2) is 0 Å². The number of hydrogen-bond acceptors (Lipinski definition) is 3. The lowest BCUT2D eigenvalue weighted by Gasteiger charge is -2.17. The van der Waals surface area contributed by atoms with Crippen molar-refractivity contribution in [3.8, 4) is 5.75 Å². The van der Waals surface area contributed by atoms with Gasteiger partial charge in [-0.25, -0.2) is 4.39 Å². The number of likely N-dealkylation sites (tertiary alicyclic amines) is 1. The first kappa shape index (κ1) is 16.0. The van der Waals surface area contributed by atoms with Gasteiger partial charge in [-0.3, -0.25) is 4.79 Å². The fourth-order valence-corrected chi connectivity index (χ4v) is 2.73. The number of nitrogens with one attached hydrogen (secondary N) is 1. The zero-order valence-electron chi connectivity index (χ0n) is 12.1. The number of halogens is 2. The van der Waals surface area contributed by atoms with Crippen molar-refractivity contribution in [2.24, 2.45) is 5.92 Å². The van der Waals surface area contributed by atoms with Gasteiger partial charge in [0.05, 0.1) is 18.1 Å². The molecule has 116 valence electrons. The van der Waals surface area contributed by atoms with E-state index in [0.29, 0.717) is 18.1 Å². The first-order valence-corrected chi connectivity index (χ1v) is 7.48. The number of carbonyl (C=O) groups excluding carboxylic acids is 1. The molecule has 1 aromatic carbocycles. The summed E-state index contributed by atoms with van der Waals surface area (Å²) >= 11 is 5.86. The van der Waals surface area contributed by atoms with E-state index in [1.165, 1.54) is 18.2 Å². The molecule has 1 heterocycles. The summed E-state index contributed by atoms with van der Waals surface area (Å²) in [7, 11) is 1.92. The van der Waals surface area contributed by atoms with Crippen LogP contribution in [0.15, 0.2) is 18.2 Å². The van der Waals surface area contributed by atoms with E-state index in [2.05, 4.69) is 5.32 Å². The predicted molar refractivity (Wildman–Crippen MR) is 80.1 cm³/mol. The Morgan fingerprint density at radius 1 is 1.57 bits per heavy atom. The second-order valence-electron chi connectivity index (χ2n) is 5.23. The third-order valence-electron chi connectivity index (χ3n) is 3.60. The Morgan fingerprint density at radius 3 is 3.10 bits per heavy atom. The summed E-state index contributed by atoms with van der Waals surface area (Å²) in [5, 5.41) is 3.36. The summed E-state index contributed by atoms with van der Waals surface area (Å²) < 4.78 is 18.3. The maximum absolute atomic E-state index is 12.9. The molecule has 1 aromatic rings. The van der Waals surface area contributed by atoms with Crippen molar-refractivity contribution in [3.05, 3.63) is 29.0 Å². The highest BCUT2D eigenvalue weighted by molar-refractivity contribution is 6.32. The summed E-state index contributed by atoms with van der Waals surface area (Å²) in [4.78, 5) is 13.9. The number of ether oxygens (including phenoxy) is 1. The Hall–Kier alpha value is -1.33. The lowest BCUT2D eigenvalue weighted by Crippen LogP contribution is -2.31. The first-order chi connectivity index (χ1) is 10.1. The minimum Gasteiger partial charge on any atom is -0.491 e. The Labute approximate surface area is 129 Å². The largest absolute Gasteiger partial charge is 0.491 e. The summed E-state index contributed by atoms with van der Waals surface area (Å²) in [6.07, 6.45) is 1.34. The standard InChI is InChI=1S/C15H20ClFN2O2/c1-18-9-11-4-6-19(10-11)15(20)5-7-21-14-3-2-12(17)8-13(14)16/h2-3,8,11,18H,4-7,9-10H2,1H3/t11-/m1/s1. The molecular formula is C15H20ClFN2O2. The van der Waals surface area contributed by atoms with Gasteiger partial charge in [-0.2, -0.15) is 0 Å². The van der Waals surface area contributed by atoms with Crippen LogP contribution in [0.3, 0.4) is 0 Å². The molecule has 21 heavy (non-hydrogen) atoms. The van der Waals surface area contributed by atoms with E-state index in [4.69, 9.17) is 16.3 Å². The highest BCUT2D eigenvalue weighted by atomic mass is 35.5. The zero-order valence-corrected chi connectivity index (χ0v) is 12.8. The van der Waals surface area contributed by atoms with Crippen LogP contribution in [0.25, 0.3) is 0 Å². The van der Waals surface area contributed by atoms with Gasteiger partial charge >= 0.3 is 0 Å². The third-order valence-corrected chi connectivity index (χ3v) is 3.89. The van der Waals surface area contributed by atoms with Crippen LogP contribution in [0.5, 0.6) is 5.75 Å². The molecule has 0 aromatic heterocycles. The van der Waals surface area contributed by atoms with E-state index in [1.54, 1.807) is 0 Å². The van der Waals surface area contributed by atoms with E-state index >= 15 is 0 Å². The Morgan fingerprint density at radius 2 is 2.38 bits per heavy atom. The van der Waals surface area contributed by atoms with Crippen LogP contribution in [0.4, 0.5) is 4.39 Å². The van der Waals surface area contributed by atoms with Crippen molar-refractivity contribution < 1.29 is 13.9 Å². The predicted octanol–water partition coefficient (Wildman–Crippen LogP) is 2.32. The van der Waals surface area contributed by atoms with Crippen molar-refractivity contribution in [1.29, 1.82) is 0 Å². The SMILES string of the molecule is CNC[C@H]1CCN(C(=O)CCOc2ccc(F)cc2Cl)C1. The molecular weight excluding hydrogens is 295 g/mol. The molecule has 1 saturated heterocycles. The highest BCUT2D eigenvalue weighted by Gasteiger charge is 2.25. The molecule has 0 unspecified atom stereocenters. The van der Waals surface area contributed by atoms with Gasteiger partial charge in [0, 0.05) is 13.1 Å². The summed E-state index contributed by atoms with van der Waals surface area (Å²) in [5.41, 5.74) is 0. The van der Waals surface area contributed by atoms with E-state index in [9.17, 15) is 9.18 Å². The highest BCUT2D eigenvalue weighted by Crippen LogP contribution is 2.25. The maximum atomic E-state index is 12.9. The van der Waals surface area contributed by atoms with E-state index < -0.39 is 5.82 Å². The minimum absolute atomic E-state index is 0.0897. The molecule has 0 radical (unpaired) electrons. The molecule has 2 rings (SSSR count). The Balaban J connectivity index is 1.74. The monoisotopic (exact) mass is 314 g/mol. The third kappa shape index (κ3) is 4.58. The van der Waals surface area contributed by atoms with Crippen LogP contribution in [-0.2, 0) is 4.79 Å². The zero-order chi connectivity index (χ0) is 15.2. The second kappa shape index (κ2) is 7.61. The van der Waals surface area contributed by atoms with Crippen LogP contribution in [0.2, 0.25) is 5.02 Å². The van der Waals surface area contributed by atoms with E-state index in [1.807, 2.05) is 11.9 Å². The van der Waals surface area contributed by atoms with Gasteiger partial charge in [0.1, 0.15) is 11.6 Å². The molecule has 4 nitrogen and oxygen atoms in total. The van der Waals surface area contributed by atoms with Gasteiger partial charge < -0.3 is 15.0 Å². The number of benzene rings is 1. The molecule has 6 heteroatoms. The van der Waals surface area contributed by atoms with E-state index in [-0.39, 0.29) is 17.5 Å². The molecule has 0 aliphatic carbocycles. The number of amides is 1. The van der Waals surface area contributed by atoms with E-state index in [0.717, 1.165) is 26.1 Å². The summed E-state index contributed by atoms with van der Waals surface area (Å²) in [6, 6.07) is 3.95. The van der Waals surface area contributed by atoms with Gasteiger partial charge in [-0.1, -0.05) is 11.6 Å². The molecule has 1 amide bonds. The molecule has 0 saturated carbocycles. The number of carbonyl (C=O) groups is 1. The van der Waals surface area contributed by atoms with Crippen LogP contribution < -0.4 is 10.1 Å². The van der Waals surface area contributed by atoms with Crippen LogP contribution in [0.1, 0.15) is 12.8 Å². The summed E-state index contributed by atoms with van der Waals surface area (Å²) in [6.45, 7) is 2.79. The van der Waals surface area contributed by atoms with Crippen molar-refractivity contribution in [2.75, 3.05) is 33.3 Å². The fraction of sp³-hybridized carbons (Fsp3) is 0.533. The van der Waals surface area contributed by atoms with Gasteiger partial charge in [-0.05, 0) is 44.1 Å². The molecule has 1 fully saturated rings. The minimum atomic E-state index is -0.406. The first-order valence-electron chi connectivity index (χ1n) is 7.10. The van der Waals surface area contributed by atoms with Gasteiger partial charge in [0.2, 0.25) is 5.91 Å². The van der Waals surface area contributed by atoms with Crippen LogP contribution >= 0.6 is 11.6 Å². The van der Waals surface area contributed by atoms with Crippen molar-refractivity contribution in [2.45, 2.75) is 12.8 Å². The second-order valence-corrected chi connectivity index (χ2v) is 5.63. The average molecular weight is 315 g/mol. The van der Waals surface area contributed by atoms with Crippen molar-refractivity contribution in [1.82, 2.24) is 10.2 Å². The lowest BCUT2D eigenvalue weighted by atomic mass is 10.1. The summed E-state index contributed by atoms with van der Waals surface area (Å²) in [5.74, 6) is 0.620. The quantitative estimate of drug-likeness (QED) is 0.876. The Bertz CT molecular complexity index is 499. The molecule has 1 atom stereocenters. The topological polar surface area (TPSA) is 41.6 Å². The lowest BCUT2D eigenvalue weighted by molar-refractivity contribution is -0.130. The van der Waals surface area contributed by atoms with Crippen molar-refractivity contribution >= 4 is 17.5 Å². The van der Waals surface area contributed by atoms with Crippen LogP contribution in [0, 0.1) is 11.7 Å². The van der Waals surface area contributed by atoms with Gasteiger partial charge in [0.25, 0.3) is 0 Å². The normalized spacial score (nSPS) is 18.0. The van der Waals surface area contributed by atoms with Crippen molar-refractivity contribution in [3.63, 3.8) is 0 Å².